The van der Waals surface area contributed by atoms with Crippen molar-refractivity contribution in [3.8, 4) is 0 Å². The molecule has 5 heteroatoms. The number of rotatable bonds is 4. The van der Waals surface area contributed by atoms with Crippen LogP contribution in [0.15, 0.2) is 36.1 Å². The second-order valence-corrected chi connectivity index (χ2v) is 6.75. The molecule has 0 spiro atoms. The van der Waals surface area contributed by atoms with Crippen LogP contribution >= 0.6 is 11.3 Å². The van der Waals surface area contributed by atoms with Crippen LogP contribution < -0.4 is 0 Å². The number of fused-ring (bicyclic) bond motifs is 1. The SMILES string of the molecule is Cc1ncsc1CCc1ncnn1C1Cc2ccccc2C1. The van der Waals surface area contributed by atoms with Crippen molar-refractivity contribution in [3.63, 3.8) is 0 Å². The summed E-state index contributed by atoms with van der Waals surface area (Å²) in [5, 5.41) is 4.50. The Morgan fingerprint density at radius 2 is 1.91 bits per heavy atom. The van der Waals surface area contributed by atoms with Crippen molar-refractivity contribution in [2.45, 2.75) is 38.6 Å². The molecule has 0 unspecified atom stereocenters. The molecule has 0 amide bonds. The van der Waals surface area contributed by atoms with Gasteiger partial charge in [0.1, 0.15) is 12.2 Å². The minimum absolute atomic E-state index is 0.414. The van der Waals surface area contributed by atoms with Gasteiger partial charge in [0, 0.05) is 11.3 Å². The molecule has 0 saturated heterocycles. The first kappa shape index (κ1) is 13.6. The molecule has 0 bridgehead atoms. The van der Waals surface area contributed by atoms with Gasteiger partial charge >= 0.3 is 0 Å². The average molecular weight is 310 g/mol. The zero-order valence-electron chi connectivity index (χ0n) is 12.6. The van der Waals surface area contributed by atoms with E-state index >= 15 is 0 Å². The summed E-state index contributed by atoms with van der Waals surface area (Å²) in [4.78, 5) is 10.2. The maximum atomic E-state index is 4.50. The van der Waals surface area contributed by atoms with E-state index in [0.717, 1.165) is 37.2 Å². The molecule has 1 aromatic carbocycles. The summed E-state index contributed by atoms with van der Waals surface area (Å²) in [5.41, 5.74) is 5.96. The molecule has 0 saturated carbocycles. The van der Waals surface area contributed by atoms with Crippen molar-refractivity contribution in [1.29, 1.82) is 0 Å². The molecule has 0 N–H and O–H groups in total. The summed E-state index contributed by atoms with van der Waals surface area (Å²) in [6.45, 7) is 2.07. The van der Waals surface area contributed by atoms with E-state index in [4.69, 9.17) is 0 Å². The van der Waals surface area contributed by atoms with Gasteiger partial charge in [0.05, 0.1) is 17.2 Å². The van der Waals surface area contributed by atoms with E-state index in [1.54, 1.807) is 17.7 Å². The Bertz CT molecular complexity index is 764. The Morgan fingerprint density at radius 3 is 2.59 bits per heavy atom. The van der Waals surface area contributed by atoms with Gasteiger partial charge in [-0.15, -0.1) is 11.3 Å². The molecule has 4 nitrogen and oxygen atoms in total. The maximum absolute atomic E-state index is 4.50. The fourth-order valence-electron chi connectivity index (χ4n) is 3.26. The summed E-state index contributed by atoms with van der Waals surface area (Å²) < 4.78 is 2.14. The number of nitrogens with zero attached hydrogens (tertiary/aromatic N) is 4. The smallest absolute Gasteiger partial charge is 0.138 e. The van der Waals surface area contributed by atoms with Gasteiger partial charge in [-0.1, -0.05) is 24.3 Å². The minimum atomic E-state index is 0.414. The van der Waals surface area contributed by atoms with Gasteiger partial charge in [-0.25, -0.2) is 14.6 Å². The summed E-state index contributed by atoms with van der Waals surface area (Å²) in [5.74, 6) is 1.09. The molecular formula is C17H18N4S. The average Bonchev–Trinajstić information content (AvgIpc) is 3.23. The van der Waals surface area contributed by atoms with Crippen molar-refractivity contribution < 1.29 is 0 Å². The molecule has 1 aliphatic carbocycles. The molecule has 0 atom stereocenters. The lowest BCUT2D eigenvalue weighted by atomic mass is 10.1. The van der Waals surface area contributed by atoms with Crippen LogP contribution in [0.1, 0.15) is 33.6 Å². The van der Waals surface area contributed by atoms with Crippen LogP contribution in [0.3, 0.4) is 0 Å². The van der Waals surface area contributed by atoms with Crippen molar-refractivity contribution in [3.05, 3.63) is 63.6 Å². The zero-order chi connectivity index (χ0) is 14.9. The Balaban J connectivity index is 1.51. The number of hydrogen-bond donors (Lipinski definition) is 0. The third-order valence-corrected chi connectivity index (χ3v) is 5.44. The fourth-order valence-corrected chi connectivity index (χ4v) is 4.04. The van der Waals surface area contributed by atoms with E-state index < -0.39 is 0 Å². The lowest BCUT2D eigenvalue weighted by molar-refractivity contribution is 0.454. The standard InChI is InChI=1S/C17H18N4S/c1-12-16(22-11-19-12)6-7-17-18-10-20-21(17)15-8-13-4-2-3-5-14(13)9-15/h2-5,10-11,15H,6-9H2,1H3. The summed E-state index contributed by atoms with van der Waals surface area (Å²) in [6.07, 6.45) is 5.74. The highest BCUT2D eigenvalue weighted by molar-refractivity contribution is 7.09. The number of aromatic nitrogens is 4. The van der Waals surface area contributed by atoms with Crippen molar-refractivity contribution in [2.24, 2.45) is 0 Å². The highest BCUT2D eigenvalue weighted by Crippen LogP contribution is 2.30. The van der Waals surface area contributed by atoms with Gasteiger partial charge < -0.3 is 0 Å². The Labute approximate surface area is 133 Å². The third kappa shape index (κ3) is 2.46. The van der Waals surface area contributed by atoms with E-state index in [1.165, 1.54) is 16.0 Å². The van der Waals surface area contributed by atoms with Crippen LogP contribution in [-0.4, -0.2) is 19.7 Å². The summed E-state index contributed by atoms with van der Waals surface area (Å²) in [6, 6.07) is 9.11. The van der Waals surface area contributed by atoms with Gasteiger partial charge in [-0.2, -0.15) is 5.10 Å². The third-order valence-electron chi connectivity index (χ3n) is 4.44. The van der Waals surface area contributed by atoms with Crippen LogP contribution in [0.25, 0.3) is 0 Å². The van der Waals surface area contributed by atoms with Crippen molar-refractivity contribution >= 4 is 11.3 Å². The number of benzene rings is 1. The molecule has 2 heterocycles. The quantitative estimate of drug-likeness (QED) is 0.743. The predicted octanol–water partition coefficient (Wildman–Crippen LogP) is 3.17. The number of aryl methyl sites for hydroxylation is 3. The second kappa shape index (κ2) is 5.65. The van der Waals surface area contributed by atoms with Crippen LogP contribution in [0.5, 0.6) is 0 Å². The molecule has 0 fully saturated rings. The first-order chi connectivity index (χ1) is 10.8. The molecule has 0 radical (unpaired) electrons. The normalized spacial score (nSPS) is 14.4. The molecule has 22 heavy (non-hydrogen) atoms. The predicted molar refractivity (Wildman–Crippen MR) is 87.2 cm³/mol. The first-order valence-corrected chi connectivity index (χ1v) is 8.53. The summed E-state index contributed by atoms with van der Waals surface area (Å²) in [7, 11) is 0. The van der Waals surface area contributed by atoms with Crippen LogP contribution in [0.4, 0.5) is 0 Å². The van der Waals surface area contributed by atoms with Crippen LogP contribution in [-0.2, 0) is 25.7 Å². The summed E-state index contributed by atoms with van der Waals surface area (Å²) >= 11 is 1.73. The Kier molecular flexibility index (Phi) is 3.50. The van der Waals surface area contributed by atoms with Gasteiger partial charge in [0.2, 0.25) is 0 Å². The highest BCUT2D eigenvalue weighted by Gasteiger charge is 2.24. The molecule has 1 aliphatic rings. The van der Waals surface area contributed by atoms with E-state index in [0.29, 0.717) is 6.04 Å². The zero-order valence-corrected chi connectivity index (χ0v) is 13.4. The maximum Gasteiger partial charge on any atom is 0.138 e. The monoisotopic (exact) mass is 310 g/mol. The van der Waals surface area contributed by atoms with Crippen LogP contribution in [0.2, 0.25) is 0 Å². The van der Waals surface area contributed by atoms with E-state index in [1.807, 2.05) is 5.51 Å². The van der Waals surface area contributed by atoms with Gasteiger partial charge in [0.25, 0.3) is 0 Å². The second-order valence-electron chi connectivity index (χ2n) is 5.81. The van der Waals surface area contributed by atoms with E-state index in [-0.39, 0.29) is 0 Å². The van der Waals surface area contributed by atoms with E-state index in [9.17, 15) is 0 Å². The molecule has 4 rings (SSSR count). The lowest BCUT2D eigenvalue weighted by Gasteiger charge is -2.12. The first-order valence-electron chi connectivity index (χ1n) is 7.65. The molecule has 3 aromatic rings. The molecule has 112 valence electrons. The van der Waals surface area contributed by atoms with Gasteiger partial charge in [-0.3, -0.25) is 0 Å². The van der Waals surface area contributed by atoms with Crippen molar-refractivity contribution in [1.82, 2.24) is 19.7 Å². The number of hydrogen-bond acceptors (Lipinski definition) is 4. The number of thiazole rings is 1. The van der Waals surface area contributed by atoms with E-state index in [2.05, 4.69) is 50.9 Å². The Morgan fingerprint density at radius 1 is 1.14 bits per heavy atom. The molecule has 0 aliphatic heterocycles. The van der Waals surface area contributed by atoms with Gasteiger partial charge in [-0.05, 0) is 37.3 Å². The van der Waals surface area contributed by atoms with Crippen molar-refractivity contribution in [2.75, 3.05) is 0 Å². The largest absolute Gasteiger partial charge is 0.250 e. The van der Waals surface area contributed by atoms with Gasteiger partial charge in [0.15, 0.2) is 0 Å². The Hall–Kier alpha value is -2.01. The topological polar surface area (TPSA) is 43.6 Å². The fraction of sp³-hybridized carbons (Fsp3) is 0.353. The highest BCUT2D eigenvalue weighted by atomic mass is 32.1. The molecule has 2 aromatic heterocycles. The lowest BCUT2D eigenvalue weighted by Crippen LogP contribution is -2.15. The van der Waals surface area contributed by atoms with Crippen LogP contribution in [0, 0.1) is 6.92 Å². The minimum Gasteiger partial charge on any atom is -0.250 e. The molecular weight excluding hydrogens is 292 g/mol.